The third-order valence-corrected chi connectivity index (χ3v) is 4.46. The zero-order valence-corrected chi connectivity index (χ0v) is 15.5. The van der Waals surface area contributed by atoms with Crippen LogP contribution >= 0.6 is 0 Å². The lowest BCUT2D eigenvalue weighted by atomic mass is 9.96. The van der Waals surface area contributed by atoms with Gasteiger partial charge in [0.1, 0.15) is 0 Å². The number of nitrogens with zero attached hydrogens (tertiary/aromatic N) is 1. The van der Waals surface area contributed by atoms with Crippen LogP contribution < -0.4 is 14.8 Å². The van der Waals surface area contributed by atoms with Gasteiger partial charge in [-0.2, -0.15) is 0 Å². The molecule has 26 heavy (non-hydrogen) atoms. The quantitative estimate of drug-likeness (QED) is 0.672. The normalized spacial score (nSPS) is 14.8. The van der Waals surface area contributed by atoms with E-state index in [1.165, 1.54) is 0 Å². The average molecular weight is 364 g/mol. The Balaban J connectivity index is 1.71. The van der Waals surface area contributed by atoms with Crippen molar-refractivity contribution in [3.8, 4) is 11.5 Å². The van der Waals surface area contributed by atoms with Crippen LogP contribution in [0.4, 0.5) is 0 Å². The number of ether oxygens (including phenoxy) is 3. The number of hydrogen-bond donors (Lipinski definition) is 1. The number of carbonyl (C=O) groups is 2. The smallest absolute Gasteiger partial charge is 0.260 e. The lowest BCUT2D eigenvalue weighted by Crippen LogP contribution is -2.44. The number of hydrogen-bond acceptors (Lipinski definition) is 5. The van der Waals surface area contributed by atoms with E-state index in [1.807, 2.05) is 12.1 Å². The third-order valence-electron chi connectivity index (χ3n) is 4.46. The van der Waals surface area contributed by atoms with E-state index in [4.69, 9.17) is 14.2 Å². The zero-order chi connectivity index (χ0) is 18.8. The van der Waals surface area contributed by atoms with Crippen molar-refractivity contribution in [2.75, 3.05) is 47.1 Å². The standard InChI is InChI=1S/C19H28N2O5/c1-24-13-5-10-20-19(23)15-8-11-21(12-9-15)18(22)14-26-17-7-4-3-6-16(17)25-2/h3-4,6-7,15H,5,8-14H2,1-2H3,(H,20,23). The first-order chi connectivity index (χ1) is 12.7. The minimum atomic E-state index is -0.0742. The summed E-state index contributed by atoms with van der Waals surface area (Å²) in [7, 11) is 3.21. The van der Waals surface area contributed by atoms with Gasteiger partial charge in [-0.25, -0.2) is 0 Å². The molecule has 1 saturated heterocycles. The van der Waals surface area contributed by atoms with Gasteiger partial charge >= 0.3 is 0 Å². The molecule has 0 aromatic heterocycles. The molecule has 0 unspecified atom stereocenters. The van der Waals surface area contributed by atoms with E-state index in [-0.39, 0.29) is 24.3 Å². The summed E-state index contributed by atoms with van der Waals surface area (Å²) in [5.74, 6) is 1.11. The van der Waals surface area contributed by atoms with Gasteiger partial charge in [0, 0.05) is 39.3 Å². The first kappa shape index (κ1) is 20.0. The molecule has 0 saturated carbocycles. The maximum Gasteiger partial charge on any atom is 0.260 e. The molecule has 1 N–H and O–H groups in total. The van der Waals surface area contributed by atoms with Crippen LogP contribution in [-0.2, 0) is 14.3 Å². The number of likely N-dealkylation sites (tertiary alicyclic amines) is 1. The number of carbonyl (C=O) groups excluding carboxylic acids is 2. The molecule has 0 atom stereocenters. The van der Waals surface area contributed by atoms with E-state index in [0.29, 0.717) is 50.6 Å². The molecule has 2 rings (SSSR count). The Kier molecular flexibility index (Phi) is 8.21. The summed E-state index contributed by atoms with van der Waals surface area (Å²) in [6, 6.07) is 7.24. The van der Waals surface area contributed by atoms with Crippen LogP contribution in [0.3, 0.4) is 0 Å². The molecule has 1 aromatic rings. The van der Waals surface area contributed by atoms with E-state index in [0.717, 1.165) is 6.42 Å². The molecule has 144 valence electrons. The number of amides is 2. The zero-order valence-electron chi connectivity index (χ0n) is 15.5. The van der Waals surface area contributed by atoms with Gasteiger partial charge in [-0.1, -0.05) is 12.1 Å². The van der Waals surface area contributed by atoms with Crippen LogP contribution in [0.25, 0.3) is 0 Å². The fraction of sp³-hybridized carbons (Fsp3) is 0.579. The van der Waals surface area contributed by atoms with Crippen LogP contribution in [0.1, 0.15) is 19.3 Å². The van der Waals surface area contributed by atoms with Crippen molar-refractivity contribution in [2.24, 2.45) is 5.92 Å². The number of benzene rings is 1. The minimum Gasteiger partial charge on any atom is -0.493 e. The van der Waals surface area contributed by atoms with Gasteiger partial charge in [0.25, 0.3) is 5.91 Å². The monoisotopic (exact) mass is 364 g/mol. The van der Waals surface area contributed by atoms with Gasteiger partial charge in [0.2, 0.25) is 5.91 Å². The van der Waals surface area contributed by atoms with E-state index in [2.05, 4.69) is 5.32 Å². The van der Waals surface area contributed by atoms with E-state index in [9.17, 15) is 9.59 Å². The van der Waals surface area contributed by atoms with Crippen molar-refractivity contribution in [1.82, 2.24) is 10.2 Å². The molecule has 1 aromatic carbocycles. The van der Waals surface area contributed by atoms with Gasteiger partial charge < -0.3 is 24.4 Å². The van der Waals surface area contributed by atoms with Crippen LogP contribution in [0.5, 0.6) is 11.5 Å². The van der Waals surface area contributed by atoms with Crippen molar-refractivity contribution in [1.29, 1.82) is 0 Å². The van der Waals surface area contributed by atoms with Gasteiger partial charge in [0.15, 0.2) is 18.1 Å². The Hall–Kier alpha value is -2.28. The second-order valence-electron chi connectivity index (χ2n) is 6.23. The molecule has 0 radical (unpaired) electrons. The SMILES string of the molecule is COCCCNC(=O)C1CCN(C(=O)COc2ccccc2OC)CC1. The summed E-state index contributed by atoms with van der Waals surface area (Å²) in [5.41, 5.74) is 0. The van der Waals surface area contributed by atoms with E-state index in [1.54, 1.807) is 31.3 Å². The fourth-order valence-electron chi connectivity index (χ4n) is 2.93. The van der Waals surface area contributed by atoms with Gasteiger partial charge in [-0.05, 0) is 31.4 Å². The predicted molar refractivity (Wildman–Crippen MR) is 97.3 cm³/mol. The van der Waals surface area contributed by atoms with Gasteiger partial charge in [0.05, 0.1) is 7.11 Å². The largest absolute Gasteiger partial charge is 0.493 e. The minimum absolute atomic E-state index is 0.0308. The second-order valence-corrected chi connectivity index (χ2v) is 6.23. The molecule has 1 fully saturated rings. The Bertz CT molecular complexity index is 585. The Morgan fingerprint density at radius 3 is 2.50 bits per heavy atom. The number of rotatable bonds is 9. The molecule has 1 aliphatic heterocycles. The summed E-state index contributed by atoms with van der Waals surface area (Å²) in [6.45, 7) is 2.38. The highest BCUT2D eigenvalue weighted by molar-refractivity contribution is 5.80. The summed E-state index contributed by atoms with van der Waals surface area (Å²) < 4.78 is 15.8. The van der Waals surface area contributed by atoms with Crippen molar-refractivity contribution in [3.63, 3.8) is 0 Å². The molecule has 0 spiro atoms. The second kappa shape index (κ2) is 10.7. The molecule has 1 aliphatic rings. The molecule has 7 nitrogen and oxygen atoms in total. The van der Waals surface area contributed by atoms with Gasteiger partial charge in [-0.15, -0.1) is 0 Å². The molecule has 0 aliphatic carbocycles. The first-order valence-corrected chi connectivity index (χ1v) is 8.96. The Morgan fingerprint density at radius 1 is 1.15 bits per heavy atom. The highest BCUT2D eigenvalue weighted by Gasteiger charge is 2.27. The maximum atomic E-state index is 12.3. The van der Waals surface area contributed by atoms with Crippen molar-refractivity contribution in [2.45, 2.75) is 19.3 Å². The maximum absolute atomic E-state index is 12.3. The molecule has 2 amide bonds. The topological polar surface area (TPSA) is 77.1 Å². The molecule has 1 heterocycles. The van der Waals surface area contributed by atoms with Crippen LogP contribution in [-0.4, -0.2) is 63.8 Å². The molecular weight excluding hydrogens is 336 g/mol. The lowest BCUT2D eigenvalue weighted by molar-refractivity contribution is -0.137. The van der Waals surface area contributed by atoms with Crippen molar-refractivity contribution in [3.05, 3.63) is 24.3 Å². The number of nitrogens with one attached hydrogen (secondary N) is 1. The predicted octanol–water partition coefficient (Wildman–Crippen LogP) is 1.47. The average Bonchev–Trinajstić information content (AvgIpc) is 2.69. The van der Waals surface area contributed by atoms with Crippen molar-refractivity contribution < 1.29 is 23.8 Å². The van der Waals surface area contributed by atoms with E-state index < -0.39 is 0 Å². The summed E-state index contributed by atoms with van der Waals surface area (Å²) >= 11 is 0. The summed E-state index contributed by atoms with van der Waals surface area (Å²) in [5, 5.41) is 2.93. The molecular formula is C19H28N2O5. The summed E-state index contributed by atoms with van der Waals surface area (Å²) in [4.78, 5) is 26.2. The molecule has 7 heteroatoms. The van der Waals surface area contributed by atoms with Crippen LogP contribution in [0, 0.1) is 5.92 Å². The highest BCUT2D eigenvalue weighted by atomic mass is 16.5. The number of methoxy groups -OCH3 is 2. The molecule has 0 bridgehead atoms. The lowest BCUT2D eigenvalue weighted by Gasteiger charge is -2.31. The third kappa shape index (κ3) is 5.91. The Labute approximate surface area is 154 Å². The fourth-order valence-corrected chi connectivity index (χ4v) is 2.93. The summed E-state index contributed by atoms with van der Waals surface area (Å²) in [6.07, 6.45) is 2.16. The van der Waals surface area contributed by atoms with Crippen LogP contribution in [0.15, 0.2) is 24.3 Å². The van der Waals surface area contributed by atoms with Crippen molar-refractivity contribution >= 4 is 11.8 Å². The number of para-hydroxylation sites is 2. The first-order valence-electron chi connectivity index (χ1n) is 8.96. The van der Waals surface area contributed by atoms with Crippen LogP contribution in [0.2, 0.25) is 0 Å². The Morgan fingerprint density at radius 2 is 1.85 bits per heavy atom. The van der Waals surface area contributed by atoms with E-state index >= 15 is 0 Å². The van der Waals surface area contributed by atoms with Gasteiger partial charge in [-0.3, -0.25) is 9.59 Å². The number of piperidine rings is 1. The highest BCUT2D eigenvalue weighted by Crippen LogP contribution is 2.26.